The Labute approximate surface area is 85.4 Å². The Morgan fingerprint density at radius 2 is 2.07 bits per heavy atom. The van der Waals surface area contributed by atoms with E-state index in [2.05, 4.69) is 11.3 Å². The second-order valence-corrected chi connectivity index (χ2v) is 3.70. The van der Waals surface area contributed by atoms with Gasteiger partial charge in [-0.2, -0.15) is 13.2 Å². The Kier molecular flexibility index (Phi) is 2.67. The van der Waals surface area contributed by atoms with Crippen molar-refractivity contribution in [2.75, 3.05) is 0 Å². The number of allylic oxidation sites excluding steroid dienone is 2. The zero-order valence-corrected chi connectivity index (χ0v) is 8.39. The zero-order chi connectivity index (χ0) is 11.9. The fraction of sp³-hybridized carbons (Fsp3) is 0.500. The van der Waals surface area contributed by atoms with Crippen LogP contribution >= 0.6 is 0 Å². The molecule has 0 bridgehead atoms. The predicted molar refractivity (Wildman–Crippen MR) is 47.7 cm³/mol. The van der Waals surface area contributed by atoms with Crippen LogP contribution in [0.3, 0.4) is 0 Å². The lowest BCUT2D eigenvalue weighted by Crippen LogP contribution is -2.47. The zero-order valence-electron chi connectivity index (χ0n) is 8.39. The maximum atomic E-state index is 12.8. The first-order chi connectivity index (χ1) is 6.69. The first-order valence-corrected chi connectivity index (χ1v) is 4.35. The maximum Gasteiger partial charge on any atom is 0.405 e. The summed E-state index contributed by atoms with van der Waals surface area (Å²) in [6.45, 7) is 5.47. The summed E-state index contributed by atoms with van der Waals surface area (Å²) in [7, 11) is 0. The van der Waals surface area contributed by atoms with Crippen LogP contribution in [0.1, 0.15) is 13.8 Å². The molecule has 0 fully saturated rings. The number of carbonyl (C=O) groups is 1. The average molecular weight is 220 g/mol. The molecule has 0 saturated heterocycles. The van der Waals surface area contributed by atoms with Crippen LogP contribution in [0.2, 0.25) is 0 Å². The van der Waals surface area contributed by atoms with Gasteiger partial charge in [-0.05, 0) is 18.9 Å². The molecule has 0 N–H and O–H groups in total. The largest absolute Gasteiger partial charge is 0.427 e. The summed E-state index contributed by atoms with van der Waals surface area (Å²) in [6.07, 6.45) is -2.08. The van der Waals surface area contributed by atoms with Gasteiger partial charge in [0.2, 0.25) is 0 Å². The van der Waals surface area contributed by atoms with Crippen molar-refractivity contribution in [1.82, 2.24) is 0 Å². The topological polar surface area (TPSA) is 26.3 Å². The molecule has 1 heterocycles. The Hall–Kier alpha value is -1.26. The van der Waals surface area contributed by atoms with E-state index in [1.54, 1.807) is 0 Å². The number of halogens is 3. The summed E-state index contributed by atoms with van der Waals surface area (Å²) in [5, 5.41) is 0. The third kappa shape index (κ3) is 1.78. The van der Waals surface area contributed by atoms with Crippen molar-refractivity contribution >= 4 is 5.97 Å². The Bertz CT molecular complexity index is 330. The van der Waals surface area contributed by atoms with Gasteiger partial charge in [0.1, 0.15) is 5.76 Å². The molecule has 0 aliphatic carbocycles. The van der Waals surface area contributed by atoms with Gasteiger partial charge >= 0.3 is 12.1 Å². The van der Waals surface area contributed by atoms with Gasteiger partial charge in [0.25, 0.3) is 0 Å². The fourth-order valence-electron chi connectivity index (χ4n) is 1.26. The van der Waals surface area contributed by atoms with Crippen LogP contribution in [0.5, 0.6) is 0 Å². The number of esters is 1. The number of cyclic esters (lactones) is 1. The van der Waals surface area contributed by atoms with Gasteiger partial charge in [-0.25, -0.2) is 0 Å². The molecule has 2 nitrogen and oxygen atoms in total. The molecule has 1 aliphatic rings. The van der Waals surface area contributed by atoms with Gasteiger partial charge in [-0.3, -0.25) is 4.79 Å². The molecule has 0 amide bonds. The molecule has 15 heavy (non-hydrogen) atoms. The predicted octanol–water partition coefficient (Wildman–Crippen LogP) is 2.82. The van der Waals surface area contributed by atoms with E-state index in [0.717, 1.165) is 6.92 Å². The monoisotopic (exact) mass is 220 g/mol. The summed E-state index contributed by atoms with van der Waals surface area (Å²) in [5.41, 5.74) is -2.51. The standard InChI is InChI=1S/C10H11F3O2/c1-6-4-5-7(2)15-8(14)9(6,3)10(11,12)13/h4-6H,2H2,1,3H3/t6?,9-/m0/s1. The van der Waals surface area contributed by atoms with E-state index in [4.69, 9.17) is 0 Å². The average Bonchev–Trinajstić information content (AvgIpc) is 2.17. The van der Waals surface area contributed by atoms with Gasteiger partial charge in [-0.1, -0.05) is 19.6 Å². The summed E-state index contributed by atoms with van der Waals surface area (Å²) in [5.74, 6) is -2.36. The maximum absolute atomic E-state index is 12.8. The number of ether oxygens (including phenoxy) is 1. The number of alkyl halides is 3. The molecule has 1 rings (SSSR count). The van der Waals surface area contributed by atoms with Gasteiger partial charge in [-0.15, -0.1) is 0 Å². The first-order valence-electron chi connectivity index (χ1n) is 4.35. The number of rotatable bonds is 0. The fourth-order valence-corrected chi connectivity index (χ4v) is 1.26. The molecule has 0 aromatic heterocycles. The second-order valence-electron chi connectivity index (χ2n) is 3.70. The minimum Gasteiger partial charge on any atom is -0.427 e. The summed E-state index contributed by atoms with van der Waals surface area (Å²) in [6, 6.07) is 0. The molecule has 1 unspecified atom stereocenters. The second kappa shape index (κ2) is 3.40. The number of hydrogen-bond donors (Lipinski definition) is 0. The van der Waals surface area contributed by atoms with Crippen LogP contribution in [0.4, 0.5) is 13.2 Å². The molecule has 0 spiro atoms. The van der Waals surface area contributed by atoms with Crippen molar-refractivity contribution in [3.05, 3.63) is 24.5 Å². The third-order valence-corrected chi connectivity index (χ3v) is 2.72. The van der Waals surface area contributed by atoms with Gasteiger partial charge in [0.05, 0.1) is 0 Å². The highest BCUT2D eigenvalue weighted by Gasteiger charge is 2.61. The van der Waals surface area contributed by atoms with Crippen molar-refractivity contribution < 1.29 is 22.7 Å². The Morgan fingerprint density at radius 3 is 2.53 bits per heavy atom. The van der Waals surface area contributed by atoms with E-state index in [1.165, 1.54) is 19.1 Å². The molecule has 84 valence electrons. The lowest BCUT2D eigenvalue weighted by atomic mass is 9.77. The van der Waals surface area contributed by atoms with Crippen molar-refractivity contribution in [3.8, 4) is 0 Å². The van der Waals surface area contributed by atoms with E-state index in [0.29, 0.717) is 0 Å². The molecular weight excluding hydrogens is 209 g/mol. The SMILES string of the molecule is C=C1C=CC(C)[C@](C)(C(F)(F)F)C(=O)O1. The minimum atomic E-state index is -4.64. The lowest BCUT2D eigenvalue weighted by Gasteiger charge is -2.31. The molecule has 1 aliphatic heterocycles. The quantitative estimate of drug-likeness (QED) is 0.587. The number of hydrogen-bond acceptors (Lipinski definition) is 2. The van der Waals surface area contributed by atoms with Gasteiger partial charge in [0, 0.05) is 0 Å². The molecule has 5 heteroatoms. The Morgan fingerprint density at radius 1 is 1.53 bits per heavy atom. The van der Waals surface area contributed by atoms with E-state index in [9.17, 15) is 18.0 Å². The highest BCUT2D eigenvalue weighted by atomic mass is 19.4. The van der Waals surface area contributed by atoms with Crippen LogP contribution in [0.15, 0.2) is 24.5 Å². The molecule has 0 radical (unpaired) electrons. The first kappa shape index (κ1) is 11.8. The van der Waals surface area contributed by atoms with Crippen molar-refractivity contribution in [3.63, 3.8) is 0 Å². The molecule has 0 saturated carbocycles. The van der Waals surface area contributed by atoms with Crippen LogP contribution in [-0.2, 0) is 9.53 Å². The Balaban J connectivity index is 3.21. The molecule has 2 atom stereocenters. The van der Waals surface area contributed by atoms with E-state index >= 15 is 0 Å². The normalized spacial score (nSPS) is 32.5. The van der Waals surface area contributed by atoms with Crippen molar-refractivity contribution in [2.45, 2.75) is 20.0 Å². The van der Waals surface area contributed by atoms with Crippen LogP contribution < -0.4 is 0 Å². The summed E-state index contributed by atoms with van der Waals surface area (Å²) < 4.78 is 42.8. The summed E-state index contributed by atoms with van der Waals surface area (Å²) >= 11 is 0. The molecular formula is C10H11F3O2. The highest BCUT2D eigenvalue weighted by Crippen LogP contribution is 2.46. The van der Waals surface area contributed by atoms with Gasteiger partial charge in [0.15, 0.2) is 5.41 Å². The van der Waals surface area contributed by atoms with Crippen LogP contribution in [-0.4, -0.2) is 12.1 Å². The smallest absolute Gasteiger partial charge is 0.405 e. The number of carbonyl (C=O) groups excluding carboxylic acids is 1. The van der Waals surface area contributed by atoms with Gasteiger partial charge < -0.3 is 4.74 Å². The summed E-state index contributed by atoms with van der Waals surface area (Å²) in [4.78, 5) is 11.4. The van der Waals surface area contributed by atoms with Crippen LogP contribution in [0, 0.1) is 11.3 Å². The van der Waals surface area contributed by atoms with E-state index < -0.39 is 23.5 Å². The minimum absolute atomic E-state index is 0.0696. The lowest BCUT2D eigenvalue weighted by molar-refractivity contribution is -0.235. The molecule has 0 aromatic rings. The van der Waals surface area contributed by atoms with Crippen molar-refractivity contribution in [2.24, 2.45) is 11.3 Å². The highest BCUT2D eigenvalue weighted by molar-refractivity contribution is 5.80. The van der Waals surface area contributed by atoms with E-state index in [1.807, 2.05) is 0 Å². The molecule has 0 aromatic carbocycles. The van der Waals surface area contributed by atoms with Crippen LogP contribution in [0.25, 0.3) is 0 Å². The van der Waals surface area contributed by atoms with E-state index in [-0.39, 0.29) is 5.76 Å². The van der Waals surface area contributed by atoms with Crippen molar-refractivity contribution in [1.29, 1.82) is 0 Å². The third-order valence-electron chi connectivity index (χ3n) is 2.72.